The van der Waals surface area contributed by atoms with Gasteiger partial charge in [0.15, 0.2) is 5.82 Å². The minimum atomic E-state index is 0.0620. The highest BCUT2D eigenvalue weighted by atomic mass is 14.9. The maximum absolute atomic E-state index is 4.60. The average Bonchev–Trinajstić information content (AvgIpc) is 2.29. The van der Waals surface area contributed by atoms with Crippen molar-refractivity contribution in [3.63, 3.8) is 0 Å². The largest absolute Gasteiger partial charge is 0.237 e. The lowest BCUT2D eigenvalue weighted by molar-refractivity contribution is 0.568. The Hall–Kier alpha value is -1.70. The van der Waals surface area contributed by atoms with Crippen LogP contribution in [0.5, 0.6) is 0 Å². The molecule has 0 saturated heterocycles. The Morgan fingerprint density at radius 2 is 1.62 bits per heavy atom. The highest BCUT2D eigenvalue weighted by Gasteiger charge is 2.16. The van der Waals surface area contributed by atoms with Crippen LogP contribution in [0.25, 0.3) is 11.4 Å². The number of benzene rings is 1. The first-order chi connectivity index (χ1) is 7.57. The molecule has 1 aromatic heterocycles. The second-order valence-corrected chi connectivity index (χ2v) is 4.88. The summed E-state index contributed by atoms with van der Waals surface area (Å²) in [6.45, 7) is 6.47. The third kappa shape index (κ3) is 2.27. The Bertz CT molecular complexity index is 470. The van der Waals surface area contributed by atoms with Crippen LogP contribution in [0, 0.1) is 0 Å². The average molecular weight is 212 g/mol. The highest BCUT2D eigenvalue weighted by Crippen LogP contribution is 2.22. The van der Waals surface area contributed by atoms with Crippen molar-refractivity contribution in [1.82, 2.24) is 9.97 Å². The normalized spacial score (nSPS) is 11.4. The topological polar surface area (TPSA) is 25.8 Å². The summed E-state index contributed by atoms with van der Waals surface area (Å²) in [5.74, 6) is 0.799. The Kier molecular flexibility index (Phi) is 2.73. The molecule has 2 nitrogen and oxygen atoms in total. The van der Waals surface area contributed by atoms with Gasteiger partial charge < -0.3 is 0 Å². The fourth-order valence-electron chi connectivity index (χ4n) is 1.50. The van der Waals surface area contributed by atoms with Crippen LogP contribution >= 0.6 is 0 Å². The van der Waals surface area contributed by atoms with Gasteiger partial charge in [-0.1, -0.05) is 51.1 Å². The molecule has 0 amide bonds. The van der Waals surface area contributed by atoms with E-state index < -0.39 is 0 Å². The maximum Gasteiger partial charge on any atom is 0.159 e. The van der Waals surface area contributed by atoms with Crippen molar-refractivity contribution in [3.05, 3.63) is 48.3 Å². The Morgan fingerprint density at radius 1 is 0.938 bits per heavy atom. The van der Waals surface area contributed by atoms with Crippen molar-refractivity contribution in [3.8, 4) is 11.4 Å². The van der Waals surface area contributed by atoms with Crippen LogP contribution in [0.2, 0.25) is 0 Å². The number of nitrogens with zero attached hydrogens (tertiary/aromatic N) is 2. The fourth-order valence-corrected chi connectivity index (χ4v) is 1.50. The monoisotopic (exact) mass is 212 g/mol. The highest BCUT2D eigenvalue weighted by molar-refractivity contribution is 5.54. The molecule has 0 saturated carbocycles. The second-order valence-electron chi connectivity index (χ2n) is 4.88. The van der Waals surface area contributed by atoms with Crippen molar-refractivity contribution in [1.29, 1.82) is 0 Å². The SMILES string of the molecule is CC(C)(C)c1ccnc(-c2ccccc2)n1. The van der Waals surface area contributed by atoms with Gasteiger partial charge in [0.25, 0.3) is 0 Å². The van der Waals surface area contributed by atoms with Crippen molar-refractivity contribution in [2.75, 3.05) is 0 Å². The molecular weight excluding hydrogens is 196 g/mol. The quantitative estimate of drug-likeness (QED) is 0.723. The zero-order chi connectivity index (χ0) is 11.6. The molecule has 0 bridgehead atoms. The summed E-state index contributed by atoms with van der Waals surface area (Å²) < 4.78 is 0. The number of hydrogen-bond donors (Lipinski definition) is 0. The molecule has 0 aliphatic carbocycles. The minimum Gasteiger partial charge on any atom is -0.237 e. The van der Waals surface area contributed by atoms with E-state index in [2.05, 4.69) is 30.7 Å². The molecule has 2 aromatic rings. The van der Waals surface area contributed by atoms with E-state index in [-0.39, 0.29) is 5.41 Å². The maximum atomic E-state index is 4.60. The molecule has 0 unspecified atom stereocenters. The molecule has 1 aromatic carbocycles. The van der Waals surface area contributed by atoms with Crippen LogP contribution in [-0.2, 0) is 5.41 Å². The molecule has 82 valence electrons. The zero-order valence-electron chi connectivity index (χ0n) is 9.94. The molecule has 0 N–H and O–H groups in total. The lowest BCUT2D eigenvalue weighted by Gasteiger charge is -2.17. The van der Waals surface area contributed by atoms with Gasteiger partial charge in [0, 0.05) is 22.9 Å². The van der Waals surface area contributed by atoms with Gasteiger partial charge in [-0.15, -0.1) is 0 Å². The predicted octanol–water partition coefficient (Wildman–Crippen LogP) is 3.44. The molecule has 2 rings (SSSR count). The van der Waals surface area contributed by atoms with Crippen LogP contribution in [0.15, 0.2) is 42.6 Å². The molecule has 1 heterocycles. The molecular formula is C14H16N2. The van der Waals surface area contributed by atoms with Crippen LogP contribution in [0.3, 0.4) is 0 Å². The molecule has 16 heavy (non-hydrogen) atoms. The van der Waals surface area contributed by atoms with Crippen LogP contribution in [0.1, 0.15) is 26.5 Å². The summed E-state index contributed by atoms with van der Waals surface area (Å²) in [6.07, 6.45) is 1.83. The van der Waals surface area contributed by atoms with Crippen LogP contribution in [0.4, 0.5) is 0 Å². The van der Waals surface area contributed by atoms with Crippen molar-refractivity contribution in [2.24, 2.45) is 0 Å². The standard InChI is InChI=1S/C14H16N2/c1-14(2,3)12-9-10-15-13(16-12)11-7-5-4-6-8-11/h4-10H,1-3H3. The van der Waals surface area contributed by atoms with Gasteiger partial charge >= 0.3 is 0 Å². The van der Waals surface area contributed by atoms with Gasteiger partial charge in [0.05, 0.1) is 0 Å². The first-order valence-corrected chi connectivity index (χ1v) is 5.46. The predicted molar refractivity (Wildman–Crippen MR) is 66.2 cm³/mol. The molecule has 0 aliphatic rings. The molecule has 2 heteroatoms. The fraction of sp³-hybridized carbons (Fsp3) is 0.286. The van der Waals surface area contributed by atoms with Gasteiger partial charge in [0.1, 0.15) is 0 Å². The van der Waals surface area contributed by atoms with Gasteiger partial charge in [0.2, 0.25) is 0 Å². The van der Waals surface area contributed by atoms with E-state index in [9.17, 15) is 0 Å². The van der Waals surface area contributed by atoms with Crippen LogP contribution in [-0.4, -0.2) is 9.97 Å². The molecule has 0 atom stereocenters. The molecule has 0 fully saturated rings. The van der Waals surface area contributed by atoms with Crippen molar-refractivity contribution < 1.29 is 0 Å². The van der Waals surface area contributed by atoms with E-state index in [0.717, 1.165) is 17.1 Å². The molecule has 0 aliphatic heterocycles. The summed E-state index contributed by atoms with van der Waals surface area (Å²) in [5, 5.41) is 0. The summed E-state index contributed by atoms with van der Waals surface area (Å²) in [7, 11) is 0. The van der Waals surface area contributed by atoms with Gasteiger partial charge in [-0.05, 0) is 6.07 Å². The molecule has 0 spiro atoms. The minimum absolute atomic E-state index is 0.0620. The number of rotatable bonds is 1. The van der Waals surface area contributed by atoms with Crippen molar-refractivity contribution >= 4 is 0 Å². The second kappa shape index (κ2) is 4.05. The van der Waals surface area contributed by atoms with E-state index >= 15 is 0 Å². The number of aromatic nitrogens is 2. The van der Waals surface area contributed by atoms with E-state index in [1.165, 1.54) is 0 Å². The van der Waals surface area contributed by atoms with Gasteiger partial charge in [-0.25, -0.2) is 9.97 Å². The Morgan fingerprint density at radius 3 is 2.25 bits per heavy atom. The van der Waals surface area contributed by atoms with Crippen molar-refractivity contribution in [2.45, 2.75) is 26.2 Å². The Balaban J connectivity index is 2.45. The Labute approximate surface area is 96.4 Å². The zero-order valence-corrected chi connectivity index (χ0v) is 9.94. The summed E-state index contributed by atoms with van der Waals surface area (Å²) in [5.41, 5.74) is 2.20. The van der Waals surface area contributed by atoms with Gasteiger partial charge in [-0.3, -0.25) is 0 Å². The molecule has 0 radical (unpaired) electrons. The van der Waals surface area contributed by atoms with E-state index in [1.54, 1.807) is 0 Å². The summed E-state index contributed by atoms with van der Waals surface area (Å²) >= 11 is 0. The van der Waals surface area contributed by atoms with E-state index in [4.69, 9.17) is 0 Å². The lowest BCUT2D eigenvalue weighted by atomic mass is 9.92. The number of hydrogen-bond acceptors (Lipinski definition) is 2. The first kappa shape index (κ1) is 10.8. The van der Waals surface area contributed by atoms with E-state index in [1.807, 2.05) is 42.6 Å². The lowest BCUT2D eigenvalue weighted by Crippen LogP contribution is -2.14. The van der Waals surface area contributed by atoms with Gasteiger partial charge in [-0.2, -0.15) is 0 Å². The summed E-state index contributed by atoms with van der Waals surface area (Å²) in [6, 6.07) is 12.0. The third-order valence-corrected chi connectivity index (χ3v) is 2.46. The van der Waals surface area contributed by atoms with Crippen LogP contribution < -0.4 is 0 Å². The van der Waals surface area contributed by atoms with E-state index in [0.29, 0.717) is 0 Å². The smallest absolute Gasteiger partial charge is 0.159 e. The third-order valence-electron chi connectivity index (χ3n) is 2.46. The first-order valence-electron chi connectivity index (χ1n) is 5.46. The summed E-state index contributed by atoms with van der Waals surface area (Å²) in [4.78, 5) is 8.92.